The molecule has 0 aromatic heterocycles. The molecule has 0 radical (unpaired) electrons. The molecule has 1 amide bonds. The number of hydrogen-bond donors (Lipinski definition) is 15. The maximum atomic E-state index is 12.7. The number of carboxylic acids is 2. The maximum Gasteiger partial charge on any atom is 0.397 e. The first-order chi connectivity index (χ1) is 33.5. The number of carbonyl (C=O) groups is 3. The fourth-order valence-electron chi connectivity index (χ4n) is 7.05. The Morgan fingerprint density at radius 1 is 0.527 bits per heavy atom. The zero-order valence-corrected chi connectivity index (χ0v) is 41.6. The monoisotopic (exact) mass is 1190 g/mol. The molecule has 4 rings (SSSR count). The summed E-state index contributed by atoms with van der Waals surface area (Å²) in [4.78, 5) is 38.4. The third kappa shape index (κ3) is 19.3. The van der Waals surface area contributed by atoms with Gasteiger partial charge in [-0.25, -0.2) is 26.3 Å². The minimum Gasteiger partial charge on any atom is -0.479 e. The topological polar surface area (TPSA) is 614 Å². The van der Waals surface area contributed by atoms with Gasteiger partial charge in [-0.05, 0) is 21.1 Å². The van der Waals surface area contributed by atoms with Crippen molar-refractivity contribution in [1.82, 2.24) is 14.9 Å². The fourth-order valence-corrected chi connectivity index (χ4v) is 9.43. The maximum absolute atomic E-state index is 12.7. The Hall–Kier alpha value is -2.80. The molecule has 4 aliphatic rings. The largest absolute Gasteiger partial charge is 0.479 e. The van der Waals surface area contributed by atoms with Crippen LogP contribution < -0.4 is 10.0 Å². The number of aliphatic carboxylic acids is 2. The number of carboxylic acid groups (broad SMARTS) is 2. The molecule has 0 unspecified atom stereocenters. The van der Waals surface area contributed by atoms with Crippen molar-refractivity contribution in [2.75, 3.05) is 34.4 Å². The van der Waals surface area contributed by atoms with Crippen molar-refractivity contribution in [3.05, 3.63) is 0 Å². The van der Waals surface area contributed by atoms with Crippen LogP contribution in [0.5, 0.6) is 0 Å². The molecule has 4 fully saturated rings. The molecule has 0 bridgehead atoms. The Balaban J connectivity index is 0.00000348. The van der Waals surface area contributed by atoms with Gasteiger partial charge in [0.15, 0.2) is 49.6 Å². The van der Waals surface area contributed by atoms with E-state index in [9.17, 15) is 116 Å². The van der Waals surface area contributed by atoms with E-state index in [1.807, 2.05) is 31.4 Å². The second-order valence-electron chi connectivity index (χ2n) is 15.9. The van der Waals surface area contributed by atoms with Gasteiger partial charge in [0.2, 0.25) is 5.91 Å². The van der Waals surface area contributed by atoms with Crippen LogP contribution >= 0.6 is 0 Å². The molecule has 45 heteroatoms. The van der Waals surface area contributed by atoms with Crippen LogP contribution in [0.25, 0.3) is 0 Å². The van der Waals surface area contributed by atoms with Crippen LogP contribution in [0, 0.1) is 0 Å². The average Bonchev–Trinajstić information content (AvgIpc) is 3.20. The summed E-state index contributed by atoms with van der Waals surface area (Å²) in [5, 5.41) is 86.0. The SMILES string of the molecule is CC(=O)N[C@@H]1[C@@H](O)[C@H](O[C@@H]2O[C@H](C(=O)O)[C@@H](O[C@@H]3O[C@H](CO)[C@@H](O[C@H]4O[C@@H](C(=O)O)[C@H](O)[C@@H](O)[C@@H]4OS(=O)(=O)O)[C@H](OS(=O)(=O)O)[C@H]3NS(=O)(=O)O)[C@H](O)[C@H]2OS(=O)(=O)O)[C@H](COS(=O)(=O)O)O[C@H]1O.CN(C)C. The van der Waals surface area contributed by atoms with Gasteiger partial charge in [-0.3, -0.25) is 27.6 Å². The lowest BCUT2D eigenvalue weighted by atomic mass is 9.94. The van der Waals surface area contributed by atoms with Gasteiger partial charge in [0.05, 0.1) is 13.2 Å². The first kappa shape index (κ1) is 65.5. The quantitative estimate of drug-likeness (QED) is 0.0475. The average molecular weight is 1190 g/mol. The summed E-state index contributed by atoms with van der Waals surface area (Å²) in [6.07, 6.45) is -49.1. The van der Waals surface area contributed by atoms with E-state index in [1.165, 1.54) is 4.72 Å². The lowest BCUT2D eigenvalue weighted by Gasteiger charge is -2.50. The van der Waals surface area contributed by atoms with Crippen LogP contribution in [-0.2, 0) is 116 Å². The molecular weight excluding hydrogens is 1140 g/mol. The first-order valence-electron chi connectivity index (χ1n) is 19.8. The summed E-state index contributed by atoms with van der Waals surface area (Å²) >= 11 is 0. The van der Waals surface area contributed by atoms with Gasteiger partial charge in [0.25, 0.3) is 0 Å². The van der Waals surface area contributed by atoms with E-state index in [1.54, 1.807) is 0 Å². The van der Waals surface area contributed by atoms with E-state index in [4.69, 9.17) is 37.7 Å². The number of carbonyl (C=O) groups excluding carboxylic acids is 1. The minimum atomic E-state index is -6.09. The van der Waals surface area contributed by atoms with E-state index in [0.717, 1.165) is 6.92 Å². The third-order valence-electron chi connectivity index (χ3n) is 9.68. The molecule has 4 saturated heterocycles. The number of aliphatic hydroxyl groups is 6. The van der Waals surface area contributed by atoms with Crippen molar-refractivity contribution >= 4 is 69.7 Å². The number of hydrogen-bond acceptors (Lipinski definition) is 31. The van der Waals surface area contributed by atoms with Crippen LogP contribution in [0.1, 0.15) is 6.92 Å². The molecule has 0 spiro atoms. The van der Waals surface area contributed by atoms with Crippen LogP contribution in [-0.4, -0.2) is 286 Å². The zero-order chi connectivity index (χ0) is 57.0. The highest BCUT2D eigenvalue weighted by atomic mass is 32.3. The summed E-state index contributed by atoms with van der Waals surface area (Å²) in [5.41, 5.74) is 0. The molecule has 0 aromatic carbocycles. The standard InChI is InChI=1S/C26H42N2O37S5.C3H9N/c1-4(30)27-7-9(31)13(6(56-23(7)39)3-55-67(43,44)45)58-26-19(65-70(52,53)54)12(34)16(20(62-26)22(37)38)60-24-8(28-66(40,41)42)15(63-68(46,47)48)14(5(2-29)57-24)59-25-18(64-69(49,50)51)11(33)10(32)17(61-25)21(35)36;1-4(2)3/h5-20,23-26,28-29,31-34,39H,2-3H2,1H3,(H,27,30)(H,35,36)(H,37,38)(H,40,41,42)(H,43,44,45)(H,46,47,48)(H,49,50,51)(H,52,53,54);1-3H3/t5-,6+,7-,8-,9-,10-,11-,12+,13-,14-,15-,16+,17-,18+,19-,20+,23-,24+,25+,26-;/m1./s1. The number of nitrogens with zero attached hydrogens (tertiary/aromatic N) is 1. The highest BCUT2D eigenvalue weighted by Crippen LogP contribution is 2.37. The normalized spacial score (nSPS) is 37.6. The molecule has 0 aliphatic carbocycles. The molecule has 4 aliphatic heterocycles. The molecule has 0 saturated carbocycles. The summed E-state index contributed by atoms with van der Waals surface area (Å²) in [6.45, 7) is -2.24. The van der Waals surface area contributed by atoms with Gasteiger partial charge in [-0.1, -0.05) is 0 Å². The van der Waals surface area contributed by atoms with E-state index in [0.29, 0.717) is 0 Å². The summed E-state index contributed by atoms with van der Waals surface area (Å²) in [5.74, 6) is -5.49. The van der Waals surface area contributed by atoms with Gasteiger partial charge in [0, 0.05) is 6.92 Å². The highest BCUT2D eigenvalue weighted by Gasteiger charge is 2.60. The Labute approximate surface area is 417 Å². The molecule has 40 nitrogen and oxygen atoms in total. The number of rotatable bonds is 21. The van der Waals surface area contributed by atoms with Crippen LogP contribution in [0.4, 0.5) is 0 Å². The number of amides is 1. The van der Waals surface area contributed by atoms with Crippen molar-refractivity contribution in [3.8, 4) is 0 Å². The van der Waals surface area contributed by atoms with Gasteiger partial charge in [-0.15, -0.1) is 0 Å². The van der Waals surface area contributed by atoms with Crippen molar-refractivity contribution < 1.29 is 170 Å². The molecule has 434 valence electrons. The lowest BCUT2D eigenvalue weighted by Crippen LogP contribution is -2.71. The van der Waals surface area contributed by atoms with Crippen molar-refractivity contribution in [2.45, 2.75) is 130 Å². The van der Waals surface area contributed by atoms with Gasteiger partial charge >= 0.3 is 63.8 Å². The highest BCUT2D eigenvalue weighted by molar-refractivity contribution is 7.83. The molecule has 74 heavy (non-hydrogen) atoms. The third-order valence-corrected chi connectivity index (χ3v) is 12.1. The predicted octanol–water partition coefficient (Wildman–Crippen LogP) is -10.5. The van der Waals surface area contributed by atoms with Crippen molar-refractivity contribution in [3.63, 3.8) is 0 Å². The van der Waals surface area contributed by atoms with Gasteiger partial charge in [0.1, 0.15) is 73.1 Å². The number of nitrogens with one attached hydrogen (secondary N) is 2. The van der Waals surface area contributed by atoms with Gasteiger partial charge in [-0.2, -0.15) is 46.8 Å². The van der Waals surface area contributed by atoms with Crippen LogP contribution in [0.3, 0.4) is 0 Å². The Morgan fingerprint density at radius 2 is 0.973 bits per heavy atom. The molecule has 20 atom stereocenters. The summed E-state index contributed by atoms with van der Waals surface area (Å²) in [6, 6.07) is -4.96. The summed E-state index contributed by atoms with van der Waals surface area (Å²) < 4.78 is 222. The van der Waals surface area contributed by atoms with Gasteiger partial charge < -0.3 is 84.2 Å². The second kappa shape index (κ2) is 25.8. The molecule has 15 N–H and O–H groups in total. The van der Waals surface area contributed by atoms with Crippen molar-refractivity contribution in [2.24, 2.45) is 0 Å². The van der Waals surface area contributed by atoms with E-state index in [2.05, 4.69) is 16.7 Å². The van der Waals surface area contributed by atoms with Crippen LogP contribution in [0.15, 0.2) is 0 Å². The van der Waals surface area contributed by atoms with E-state index >= 15 is 0 Å². The van der Waals surface area contributed by atoms with E-state index < -0.39 is 206 Å². The lowest BCUT2D eigenvalue weighted by molar-refractivity contribution is -0.366. The summed E-state index contributed by atoms with van der Waals surface area (Å²) in [7, 11) is -23.1. The predicted molar refractivity (Wildman–Crippen MR) is 220 cm³/mol. The number of ether oxygens (including phenoxy) is 7. The Kier molecular flexibility index (Phi) is 22.8. The molecular formula is C29H51N3O37S5. The van der Waals surface area contributed by atoms with E-state index in [-0.39, 0.29) is 0 Å². The minimum absolute atomic E-state index is 0.840. The fraction of sp³-hybridized carbons (Fsp3) is 0.897. The van der Waals surface area contributed by atoms with Crippen LogP contribution in [0.2, 0.25) is 0 Å². The number of aliphatic hydroxyl groups excluding tert-OH is 6. The zero-order valence-electron chi connectivity index (χ0n) is 37.6. The molecule has 0 aromatic rings. The Morgan fingerprint density at radius 3 is 1.41 bits per heavy atom. The van der Waals surface area contributed by atoms with Crippen molar-refractivity contribution in [1.29, 1.82) is 0 Å². The second-order valence-corrected chi connectivity index (χ2v) is 21.4. The molecule has 4 heterocycles. The first-order valence-corrected chi connectivity index (χ1v) is 26.7. The Bertz CT molecular complexity index is 2500. The smallest absolute Gasteiger partial charge is 0.397 e.